The largest absolute Gasteiger partial charge is 0.462 e. The van der Waals surface area contributed by atoms with E-state index in [0.29, 0.717) is 5.76 Å². The van der Waals surface area contributed by atoms with Gasteiger partial charge in [0.15, 0.2) is 5.76 Å². The van der Waals surface area contributed by atoms with Crippen molar-refractivity contribution in [3.8, 4) is 0 Å². The van der Waals surface area contributed by atoms with Gasteiger partial charge in [0.05, 0.1) is 6.61 Å². The van der Waals surface area contributed by atoms with Gasteiger partial charge < -0.3 is 9.47 Å². The summed E-state index contributed by atoms with van der Waals surface area (Å²) >= 11 is 0. The first-order valence-corrected chi connectivity index (χ1v) is 5.05. The van der Waals surface area contributed by atoms with Crippen LogP contribution in [-0.4, -0.2) is 18.4 Å². The standard InChI is InChI=1S/C12H14O4/c1-4-6-7-9-11(13)10(8(3)16-9)12(14)15-5-2/h4,6-7H,5H2,1-3H3/b6-4-,9-7+. The summed E-state index contributed by atoms with van der Waals surface area (Å²) < 4.78 is 9.97. The highest BCUT2D eigenvalue weighted by atomic mass is 16.5. The van der Waals surface area contributed by atoms with Crippen LogP contribution in [0.3, 0.4) is 0 Å². The third-order valence-corrected chi connectivity index (χ3v) is 1.99. The van der Waals surface area contributed by atoms with Crippen molar-refractivity contribution in [1.29, 1.82) is 0 Å². The SMILES string of the molecule is C/C=C\C=C1\OC(C)=C(C(=O)OCC)C1=O. The fourth-order valence-electron chi connectivity index (χ4n) is 1.28. The van der Waals surface area contributed by atoms with Gasteiger partial charge in [0.1, 0.15) is 11.3 Å². The Morgan fingerprint density at radius 1 is 1.50 bits per heavy atom. The van der Waals surface area contributed by atoms with Gasteiger partial charge in [-0.1, -0.05) is 12.2 Å². The van der Waals surface area contributed by atoms with Crippen LogP contribution in [0.25, 0.3) is 0 Å². The average molecular weight is 222 g/mol. The van der Waals surface area contributed by atoms with E-state index in [1.165, 1.54) is 6.08 Å². The summed E-state index contributed by atoms with van der Waals surface area (Å²) in [6.07, 6.45) is 4.97. The number of carbonyl (C=O) groups excluding carboxylic acids is 2. The number of allylic oxidation sites excluding steroid dienone is 5. The fourth-order valence-corrected chi connectivity index (χ4v) is 1.28. The van der Waals surface area contributed by atoms with Gasteiger partial charge in [-0.15, -0.1) is 0 Å². The Balaban J connectivity index is 2.92. The maximum atomic E-state index is 11.8. The number of esters is 1. The summed E-state index contributed by atoms with van der Waals surface area (Å²) in [4.78, 5) is 23.2. The van der Waals surface area contributed by atoms with Crippen molar-refractivity contribution in [2.45, 2.75) is 20.8 Å². The summed E-state index contributed by atoms with van der Waals surface area (Å²) in [6, 6.07) is 0. The first kappa shape index (κ1) is 12.2. The molecule has 0 fully saturated rings. The van der Waals surface area contributed by atoms with E-state index in [0.717, 1.165) is 0 Å². The van der Waals surface area contributed by atoms with Crippen molar-refractivity contribution in [2.75, 3.05) is 6.61 Å². The molecule has 0 spiro atoms. The summed E-state index contributed by atoms with van der Waals surface area (Å²) in [6.45, 7) is 5.31. The summed E-state index contributed by atoms with van der Waals surface area (Å²) in [5, 5.41) is 0. The topological polar surface area (TPSA) is 52.6 Å². The van der Waals surface area contributed by atoms with E-state index in [2.05, 4.69) is 0 Å². The molecule has 1 aliphatic rings. The molecule has 0 aromatic carbocycles. The zero-order valence-corrected chi connectivity index (χ0v) is 9.57. The molecule has 1 aliphatic heterocycles. The highest BCUT2D eigenvalue weighted by Gasteiger charge is 2.33. The second-order valence-electron chi connectivity index (χ2n) is 3.14. The van der Waals surface area contributed by atoms with Gasteiger partial charge in [-0.25, -0.2) is 4.79 Å². The smallest absolute Gasteiger partial charge is 0.345 e. The summed E-state index contributed by atoms with van der Waals surface area (Å²) in [5.74, 6) is -0.610. The predicted octanol–water partition coefficient (Wildman–Crippen LogP) is 1.88. The molecule has 86 valence electrons. The second-order valence-corrected chi connectivity index (χ2v) is 3.14. The van der Waals surface area contributed by atoms with E-state index in [9.17, 15) is 9.59 Å². The highest BCUT2D eigenvalue weighted by Crippen LogP contribution is 2.25. The Morgan fingerprint density at radius 3 is 2.75 bits per heavy atom. The molecule has 1 heterocycles. The average Bonchev–Trinajstić information content (AvgIpc) is 2.51. The molecule has 1 rings (SSSR count). The molecule has 0 unspecified atom stereocenters. The van der Waals surface area contributed by atoms with Crippen LogP contribution in [0.1, 0.15) is 20.8 Å². The van der Waals surface area contributed by atoms with Crippen molar-refractivity contribution in [1.82, 2.24) is 0 Å². The van der Waals surface area contributed by atoms with Gasteiger partial charge in [-0.05, 0) is 26.8 Å². The van der Waals surface area contributed by atoms with Crippen LogP contribution in [0.5, 0.6) is 0 Å². The maximum Gasteiger partial charge on any atom is 0.345 e. The number of rotatable bonds is 3. The first-order chi connectivity index (χ1) is 7.61. The lowest BCUT2D eigenvalue weighted by molar-refractivity contribution is -0.139. The van der Waals surface area contributed by atoms with Crippen LogP contribution in [-0.2, 0) is 19.1 Å². The molecule has 4 heteroatoms. The van der Waals surface area contributed by atoms with Crippen LogP contribution in [0.15, 0.2) is 35.3 Å². The number of hydrogen-bond acceptors (Lipinski definition) is 4. The molecule has 0 aliphatic carbocycles. The lowest BCUT2D eigenvalue weighted by Gasteiger charge is -1.99. The third-order valence-electron chi connectivity index (χ3n) is 1.99. The minimum Gasteiger partial charge on any atom is -0.462 e. The van der Waals surface area contributed by atoms with E-state index in [-0.39, 0.29) is 17.9 Å². The van der Waals surface area contributed by atoms with Crippen LogP contribution >= 0.6 is 0 Å². The minimum absolute atomic E-state index is 0.0161. The normalized spacial score (nSPS) is 18.4. The Hall–Kier alpha value is -1.84. The molecule has 0 saturated carbocycles. The van der Waals surface area contributed by atoms with E-state index in [1.807, 2.05) is 6.92 Å². The molecule has 4 nitrogen and oxygen atoms in total. The van der Waals surface area contributed by atoms with Gasteiger partial charge >= 0.3 is 5.97 Å². The molecular weight excluding hydrogens is 208 g/mol. The lowest BCUT2D eigenvalue weighted by Crippen LogP contribution is -2.14. The van der Waals surface area contributed by atoms with Gasteiger partial charge in [0.25, 0.3) is 0 Å². The van der Waals surface area contributed by atoms with Crippen molar-refractivity contribution in [2.24, 2.45) is 0 Å². The van der Waals surface area contributed by atoms with Gasteiger partial charge in [-0.3, -0.25) is 4.79 Å². The Morgan fingerprint density at radius 2 is 2.19 bits per heavy atom. The number of Topliss-reactive ketones (excluding diaryl/α,β-unsaturated/α-hetero) is 1. The monoisotopic (exact) mass is 222 g/mol. The van der Waals surface area contributed by atoms with Crippen LogP contribution < -0.4 is 0 Å². The minimum atomic E-state index is -0.631. The van der Waals surface area contributed by atoms with Gasteiger partial charge in [0.2, 0.25) is 5.78 Å². The molecule has 0 amide bonds. The van der Waals surface area contributed by atoms with Crippen LogP contribution in [0.4, 0.5) is 0 Å². The number of carbonyl (C=O) groups is 2. The highest BCUT2D eigenvalue weighted by molar-refractivity contribution is 6.25. The number of ketones is 1. The van der Waals surface area contributed by atoms with Gasteiger partial charge in [-0.2, -0.15) is 0 Å². The number of ether oxygens (including phenoxy) is 2. The lowest BCUT2D eigenvalue weighted by atomic mass is 10.1. The molecule has 0 aromatic rings. The second kappa shape index (κ2) is 5.30. The summed E-state index contributed by atoms with van der Waals surface area (Å²) in [5.41, 5.74) is -0.0161. The first-order valence-electron chi connectivity index (χ1n) is 5.05. The molecule has 0 saturated heterocycles. The maximum absolute atomic E-state index is 11.8. The van der Waals surface area contributed by atoms with Gasteiger partial charge in [0, 0.05) is 0 Å². The van der Waals surface area contributed by atoms with Crippen LogP contribution in [0, 0.1) is 0 Å². The Kier molecular flexibility index (Phi) is 4.05. The Bertz CT molecular complexity index is 399. The van der Waals surface area contributed by atoms with E-state index < -0.39 is 11.8 Å². The third kappa shape index (κ3) is 2.39. The molecule has 0 radical (unpaired) electrons. The summed E-state index contributed by atoms with van der Waals surface area (Å²) in [7, 11) is 0. The zero-order chi connectivity index (χ0) is 12.1. The molecule has 0 N–H and O–H groups in total. The Labute approximate surface area is 94.2 Å². The van der Waals surface area contributed by atoms with Crippen LogP contribution in [0.2, 0.25) is 0 Å². The van der Waals surface area contributed by atoms with Crippen molar-refractivity contribution >= 4 is 11.8 Å². The molecule has 0 atom stereocenters. The van der Waals surface area contributed by atoms with Crippen molar-refractivity contribution in [3.05, 3.63) is 35.3 Å². The predicted molar refractivity (Wildman–Crippen MR) is 58.3 cm³/mol. The molecule has 0 aromatic heterocycles. The quantitative estimate of drug-likeness (QED) is 0.415. The fraction of sp³-hybridized carbons (Fsp3) is 0.333. The zero-order valence-electron chi connectivity index (χ0n) is 9.57. The number of hydrogen-bond donors (Lipinski definition) is 0. The molecule has 16 heavy (non-hydrogen) atoms. The molecular formula is C12H14O4. The van der Waals surface area contributed by atoms with Crippen molar-refractivity contribution in [3.63, 3.8) is 0 Å². The van der Waals surface area contributed by atoms with Crippen molar-refractivity contribution < 1.29 is 19.1 Å². The van der Waals surface area contributed by atoms with E-state index in [4.69, 9.17) is 9.47 Å². The van der Waals surface area contributed by atoms with E-state index in [1.54, 1.807) is 26.0 Å². The van der Waals surface area contributed by atoms with E-state index >= 15 is 0 Å². The molecule has 0 bridgehead atoms.